The van der Waals surface area contributed by atoms with Crippen molar-refractivity contribution in [1.82, 2.24) is 15.3 Å². The van der Waals surface area contributed by atoms with E-state index in [1.807, 2.05) is 19.1 Å². The van der Waals surface area contributed by atoms with Crippen LogP contribution < -0.4 is 5.32 Å². The third kappa shape index (κ3) is 2.64. The average Bonchev–Trinajstić information content (AvgIpc) is 2.74. The molecule has 0 saturated carbocycles. The van der Waals surface area contributed by atoms with Gasteiger partial charge in [0, 0.05) is 18.9 Å². The molecule has 0 atom stereocenters. The number of rotatable bonds is 3. The van der Waals surface area contributed by atoms with Crippen molar-refractivity contribution in [3.63, 3.8) is 0 Å². The van der Waals surface area contributed by atoms with Gasteiger partial charge in [0.05, 0.1) is 11.2 Å². The summed E-state index contributed by atoms with van der Waals surface area (Å²) in [5, 5.41) is 3.73. The molecule has 2 aromatic rings. The highest BCUT2D eigenvalue weighted by Crippen LogP contribution is 2.11. The molecule has 0 radical (unpaired) electrons. The minimum atomic E-state index is -0.0811. The zero-order valence-corrected chi connectivity index (χ0v) is 9.62. The van der Waals surface area contributed by atoms with Gasteiger partial charge in [-0.25, -0.2) is 4.98 Å². The maximum atomic E-state index is 11.7. The topological polar surface area (TPSA) is 54.9 Å². The van der Waals surface area contributed by atoms with Crippen LogP contribution in [0.1, 0.15) is 20.2 Å². The predicted octanol–water partition coefficient (Wildman–Crippen LogP) is 1.78. The molecule has 1 N–H and O–H groups in total. The van der Waals surface area contributed by atoms with Crippen LogP contribution in [0.25, 0.3) is 0 Å². The van der Waals surface area contributed by atoms with Crippen molar-refractivity contribution in [3.05, 3.63) is 46.2 Å². The van der Waals surface area contributed by atoms with Gasteiger partial charge in [-0.05, 0) is 24.6 Å². The molecule has 2 heterocycles. The summed E-state index contributed by atoms with van der Waals surface area (Å²) in [5.41, 5.74) is 1.03. The molecule has 0 aromatic carbocycles. The van der Waals surface area contributed by atoms with E-state index < -0.39 is 0 Å². The minimum Gasteiger partial charge on any atom is -0.347 e. The Morgan fingerprint density at radius 1 is 1.44 bits per heavy atom. The molecule has 5 heteroatoms. The fraction of sp³-hybridized carbons (Fsp3) is 0.182. The summed E-state index contributed by atoms with van der Waals surface area (Å²) in [7, 11) is 0. The Labute approximate surface area is 97.4 Å². The standard InChI is InChI=1S/C11H11N3OS/c1-8-13-7-10(16-8)11(15)14-6-9-2-4-12-5-3-9/h2-5,7H,6H2,1H3,(H,14,15). The predicted molar refractivity (Wildman–Crippen MR) is 62.3 cm³/mol. The summed E-state index contributed by atoms with van der Waals surface area (Å²) >= 11 is 1.40. The summed E-state index contributed by atoms with van der Waals surface area (Å²) in [4.78, 5) is 20.3. The summed E-state index contributed by atoms with van der Waals surface area (Å²) in [6, 6.07) is 3.75. The summed E-state index contributed by atoms with van der Waals surface area (Å²) < 4.78 is 0. The Bertz CT molecular complexity index is 481. The molecule has 2 aromatic heterocycles. The molecule has 16 heavy (non-hydrogen) atoms. The SMILES string of the molecule is Cc1ncc(C(=O)NCc2ccncc2)s1. The van der Waals surface area contributed by atoms with Crippen LogP contribution in [0, 0.1) is 6.92 Å². The Morgan fingerprint density at radius 3 is 2.81 bits per heavy atom. The average molecular weight is 233 g/mol. The highest BCUT2D eigenvalue weighted by Gasteiger charge is 2.07. The highest BCUT2D eigenvalue weighted by molar-refractivity contribution is 7.13. The lowest BCUT2D eigenvalue weighted by atomic mass is 10.3. The van der Waals surface area contributed by atoms with Crippen molar-refractivity contribution < 1.29 is 4.79 Å². The second kappa shape index (κ2) is 4.85. The molecule has 1 amide bonds. The van der Waals surface area contributed by atoms with E-state index >= 15 is 0 Å². The molecule has 0 aliphatic heterocycles. The van der Waals surface area contributed by atoms with Crippen molar-refractivity contribution >= 4 is 17.2 Å². The van der Waals surface area contributed by atoms with Gasteiger partial charge in [0.15, 0.2) is 0 Å². The molecule has 4 nitrogen and oxygen atoms in total. The first kappa shape index (κ1) is 10.8. The molecule has 0 aliphatic rings. The minimum absolute atomic E-state index is 0.0811. The lowest BCUT2D eigenvalue weighted by Crippen LogP contribution is -2.21. The smallest absolute Gasteiger partial charge is 0.263 e. The van der Waals surface area contributed by atoms with Gasteiger partial charge in [0.25, 0.3) is 5.91 Å². The third-order valence-corrected chi connectivity index (χ3v) is 2.96. The second-order valence-corrected chi connectivity index (χ2v) is 4.52. The van der Waals surface area contributed by atoms with Crippen molar-refractivity contribution in [2.24, 2.45) is 0 Å². The number of nitrogens with zero attached hydrogens (tertiary/aromatic N) is 2. The number of carbonyl (C=O) groups excluding carboxylic acids is 1. The van der Waals surface area contributed by atoms with Gasteiger partial charge < -0.3 is 5.32 Å². The van der Waals surface area contributed by atoms with Crippen LogP contribution >= 0.6 is 11.3 Å². The maximum Gasteiger partial charge on any atom is 0.263 e. The van der Waals surface area contributed by atoms with Crippen molar-refractivity contribution in [3.8, 4) is 0 Å². The Morgan fingerprint density at radius 2 is 2.19 bits per heavy atom. The highest BCUT2D eigenvalue weighted by atomic mass is 32.1. The number of aromatic nitrogens is 2. The summed E-state index contributed by atoms with van der Waals surface area (Å²) in [6.07, 6.45) is 5.01. The van der Waals surface area contributed by atoms with Gasteiger partial charge in [0.1, 0.15) is 4.88 Å². The van der Waals surface area contributed by atoms with Crippen LogP contribution in [0.2, 0.25) is 0 Å². The molecular weight excluding hydrogens is 222 g/mol. The first-order valence-electron chi connectivity index (χ1n) is 4.85. The Balaban J connectivity index is 1.94. The van der Waals surface area contributed by atoms with Gasteiger partial charge in [-0.1, -0.05) is 0 Å². The largest absolute Gasteiger partial charge is 0.347 e. The number of aryl methyl sites for hydroxylation is 1. The third-order valence-electron chi connectivity index (χ3n) is 2.05. The molecule has 0 spiro atoms. The van der Waals surface area contributed by atoms with Gasteiger partial charge in [-0.15, -0.1) is 11.3 Å². The van der Waals surface area contributed by atoms with Gasteiger partial charge in [-0.2, -0.15) is 0 Å². The van der Waals surface area contributed by atoms with Gasteiger partial charge >= 0.3 is 0 Å². The van der Waals surface area contributed by atoms with E-state index in [1.165, 1.54) is 11.3 Å². The molecular formula is C11H11N3OS. The summed E-state index contributed by atoms with van der Waals surface area (Å²) in [5.74, 6) is -0.0811. The number of hydrogen-bond acceptors (Lipinski definition) is 4. The van der Waals surface area contributed by atoms with Gasteiger partial charge in [0.2, 0.25) is 0 Å². The maximum absolute atomic E-state index is 11.7. The second-order valence-electron chi connectivity index (χ2n) is 3.28. The first-order chi connectivity index (χ1) is 7.75. The van der Waals surface area contributed by atoms with Crippen LogP contribution in [0.3, 0.4) is 0 Å². The van der Waals surface area contributed by atoms with Crippen LogP contribution in [0.5, 0.6) is 0 Å². The van der Waals surface area contributed by atoms with E-state index in [0.717, 1.165) is 10.6 Å². The van der Waals surface area contributed by atoms with Crippen LogP contribution in [-0.2, 0) is 6.54 Å². The number of amides is 1. The number of carbonyl (C=O) groups is 1. The molecule has 82 valence electrons. The van der Waals surface area contributed by atoms with Crippen LogP contribution in [0.15, 0.2) is 30.7 Å². The number of thiazole rings is 1. The van der Waals surface area contributed by atoms with Crippen LogP contribution in [0.4, 0.5) is 0 Å². The van der Waals surface area contributed by atoms with Gasteiger partial charge in [-0.3, -0.25) is 9.78 Å². The van der Waals surface area contributed by atoms with E-state index in [2.05, 4.69) is 15.3 Å². The summed E-state index contributed by atoms with van der Waals surface area (Å²) in [6.45, 7) is 2.39. The number of nitrogens with one attached hydrogen (secondary N) is 1. The Kier molecular flexibility index (Phi) is 3.26. The van der Waals surface area contributed by atoms with E-state index in [0.29, 0.717) is 11.4 Å². The lowest BCUT2D eigenvalue weighted by molar-refractivity contribution is 0.0955. The first-order valence-corrected chi connectivity index (χ1v) is 5.67. The Hall–Kier alpha value is -1.75. The monoisotopic (exact) mass is 233 g/mol. The van der Waals surface area contributed by atoms with E-state index in [9.17, 15) is 4.79 Å². The number of pyridine rings is 1. The lowest BCUT2D eigenvalue weighted by Gasteiger charge is -2.02. The van der Waals surface area contributed by atoms with Crippen molar-refractivity contribution in [2.45, 2.75) is 13.5 Å². The van der Waals surface area contributed by atoms with Crippen molar-refractivity contribution in [1.29, 1.82) is 0 Å². The molecule has 0 aliphatic carbocycles. The normalized spacial score (nSPS) is 10.1. The fourth-order valence-electron chi connectivity index (χ4n) is 1.24. The molecule has 0 fully saturated rings. The van der Waals surface area contributed by atoms with Crippen LogP contribution in [-0.4, -0.2) is 15.9 Å². The fourth-order valence-corrected chi connectivity index (χ4v) is 1.93. The molecule has 0 bridgehead atoms. The van der Waals surface area contributed by atoms with Crippen molar-refractivity contribution in [2.75, 3.05) is 0 Å². The van der Waals surface area contributed by atoms with E-state index in [4.69, 9.17) is 0 Å². The van der Waals surface area contributed by atoms with E-state index in [-0.39, 0.29) is 5.91 Å². The number of hydrogen-bond donors (Lipinski definition) is 1. The van der Waals surface area contributed by atoms with E-state index in [1.54, 1.807) is 18.6 Å². The quantitative estimate of drug-likeness (QED) is 0.879. The zero-order valence-electron chi connectivity index (χ0n) is 8.80. The molecule has 0 unspecified atom stereocenters. The zero-order chi connectivity index (χ0) is 11.4. The molecule has 0 saturated heterocycles. The molecule has 2 rings (SSSR count).